The second-order valence-electron chi connectivity index (χ2n) is 7.15. The van der Waals surface area contributed by atoms with Gasteiger partial charge in [0.15, 0.2) is 0 Å². The summed E-state index contributed by atoms with van der Waals surface area (Å²) in [5, 5.41) is 16.6. The number of amides is 2. The molecule has 0 spiro atoms. The summed E-state index contributed by atoms with van der Waals surface area (Å²) < 4.78 is 0. The van der Waals surface area contributed by atoms with Crippen molar-refractivity contribution >= 4 is 52.5 Å². The van der Waals surface area contributed by atoms with E-state index in [2.05, 4.69) is 21.7 Å². The smallest absolute Gasteiger partial charge is 0.257 e. The Balaban J connectivity index is 1.67. The molecule has 2 amide bonds. The minimum absolute atomic E-state index is 0.0478. The lowest BCUT2D eigenvalue weighted by Gasteiger charge is -2.16. The fourth-order valence-electron chi connectivity index (χ4n) is 3.07. The van der Waals surface area contributed by atoms with Crippen LogP contribution in [0.25, 0.3) is 0 Å². The number of aromatic nitrogens is 1. The normalized spacial score (nSPS) is 11.4. The summed E-state index contributed by atoms with van der Waals surface area (Å²) in [7, 11) is 0. The van der Waals surface area contributed by atoms with E-state index in [0.717, 1.165) is 17.3 Å². The number of hydrogen-bond donors (Lipinski definition) is 2. The molecule has 1 aromatic heterocycles. The molecule has 0 aliphatic carbocycles. The van der Waals surface area contributed by atoms with Crippen LogP contribution in [-0.2, 0) is 4.79 Å². The molecule has 0 bridgehead atoms. The molecule has 2 N–H and O–H groups in total. The first kappa shape index (κ1) is 24.6. The molecule has 0 saturated carbocycles. The van der Waals surface area contributed by atoms with Crippen molar-refractivity contribution in [3.05, 3.63) is 87.0 Å². The monoisotopic (exact) mass is 498 g/mol. The van der Waals surface area contributed by atoms with Gasteiger partial charge in [-0.05, 0) is 49.7 Å². The fourth-order valence-corrected chi connectivity index (χ4v) is 4.46. The number of benzene rings is 2. The van der Waals surface area contributed by atoms with Crippen LogP contribution in [0.15, 0.2) is 59.6 Å². The lowest BCUT2D eigenvalue weighted by Crippen LogP contribution is -2.28. The van der Waals surface area contributed by atoms with Gasteiger partial charge in [0.1, 0.15) is 11.1 Å². The van der Waals surface area contributed by atoms with Crippen molar-refractivity contribution in [2.45, 2.75) is 24.9 Å². The number of rotatable bonds is 7. The number of pyridine rings is 1. The van der Waals surface area contributed by atoms with E-state index in [1.165, 1.54) is 6.07 Å². The van der Waals surface area contributed by atoms with Crippen molar-refractivity contribution in [2.75, 3.05) is 11.1 Å². The van der Waals surface area contributed by atoms with Crippen molar-refractivity contribution < 1.29 is 9.59 Å². The second-order valence-corrected chi connectivity index (χ2v) is 8.96. The first-order valence-corrected chi connectivity index (χ1v) is 11.7. The Hall–Kier alpha value is -3.05. The van der Waals surface area contributed by atoms with Crippen molar-refractivity contribution in [3.63, 3.8) is 0 Å². The van der Waals surface area contributed by atoms with Crippen LogP contribution in [0.3, 0.4) is 0 Å². The van der Waals surface area contributed by atoms with Crippen LogP contribution in [-0.4, -0.2) is 22.6 Å². The van der Waals surface area contributed by atoms with E-state index in [0.29, 0.717) is 32.0 Å². The van der Waals surface area contributed by atoms with Gasteiger partial charge in [0.25, 0.3) is 5.91 Å². The van der Waals surface area contributed by atoms with E-state index in [1.54, 1.807) is 37.3 Å². The quantitative estimate of drug-likeness (QED) is 0.402. The van der Waals surface area contributed by atoms with E-state index >= 15 is 0 Å². The third-order valence-electron chi connectivity index (χ3n) is 4.72. The zero-order chi connectivity index (χ0) is 24.0. The maximum atomic E-state index is 12.6. The van der Waals surface area contributed by atoms with Crippen LogP contribution >= 0.6 is 35.0 Å². The van der Waals surface area contributed by atoms with Crippen molar-refractivity contribution in [1.29, 1.82) is 5.26 Å². The third kappa shape index (κ3) is 6.48. The van der Waals surface area contributed by atoms with Crippen LogP contribution in [0.5, 0.6) is 0 Å². The Kier molecular flexibility index (Phi) is 8.34. The van der Waals surface area contributed by atoms with Gasteiger partial charge in [-0.1, -0.05) is 59.2 Å². The van der Waals surface area contributed by atoms with Gasteiger partial charge in [0.05, 0.1) is 28.6 Å². The lowest BCUT2D eigenvalue weighted by molar-refractivity contribution is -0.119. The molecular formula is C24H20Cl2N4O2S. The number of carbonyl (C=O) groups excluding carboxylic acids is 2. The van der Waals surface area contributed by atoms with Gasteiger partial charge in [0, 0.05) is 15.7 Å². The van der Waals surface area contributed by atoms with Gasteiger partial charge in [0.2, 0.25) is 5.91 Å². The van der Waals surface area contributed by atoms with Crippen molar-refractivity contribution in [3.8, 4) is 6.07 Å². The number of nitriles is 1. The van der Waals surface area contributed by atoms with E-state index in [9.17, 15) is 14.9 Å². The summed E-state index contributed by atoms with van der Waals surface area (Å²) in [6.07, 6.45) is 0. The molecule has 0 saturated heterocycles. The van der Waals surface area contributed by atoms with Gasteiger partial charge in [-0.15, -0.1) is 0 Å². The number of nitrogens with zero attached hydrogens (tertiary/aromatic N) is 2. The Morgan fingerprint density at radius 1 is 1.15 bits per heavy atom. The molecule has 168 valence electrons. The Morgan fingerprint density at radius 2 is 1.88 bits per heavy atom. The average molecular weight is 499 g/mol. The standard InChI is InChI=1S/C24H20Cl2N4O2S/c1-14(19-9-8-17(25)11-21(19)26)28-22(31)13-33-24-16(12-27)10-20(15(2)29-24)23(32)30-18-6-4-3-5-7-18/h3-11,14H,13H2,1-2H3,(H,28,31)(H,30,32). The van der Waals surface area contributed by atoms with Crippen LogP contribution in [0, 0.1) is 18.3 Å². The first-order chi connectivity index (χ1) is 15.8. The van der Waals surface area contributed by atoms with Crippen LogP contribution in [0.2, 0.25) is 10.0 Å². The molecule has 3 rings (SSSR count). The second kappa shape index (κ2) is 11.2. The highest BCUT2D eigenvalue weighted by atomic mass is 35.5. The maximum Gasteiger partial charge on any atom is 0.257 e. The predicted molar refractivity (Wildman–Crippen MR) is 132 cm³/mol. The van der Waals surface area contributed by atoms with Gasteiger partial charge in [-0.3, -0.25) is 9.59 Å². The Labute approximate surface area is 206 Å². The minimum Gasteiger partial charge on any atom is -0.349 e. The maximum absolute atomic E-state index is 12.6. The summed E-state index contributed by atoms with van der Waals surface area (Å²) in [5.41, 5.74) is 2.39. The van der Waals surface area contributed by atoms with Crippen molar-refractivity contribution in [2.24, 2.45) is 0 Å². The largest absolute Gasteiger partial charge is 0.349 e. The molecule has 0 aliphatic rings. The number of anilines is 1. The van der Waals surface area contributed by atoms with Crippen LogP contribution in [0.4, 0.5) is 5.69 Å². The third-order valence-corrected chi connectivity index (χ3v) is 6.27. The molecule has 3 aromatic rings. The van der Waals surface area contributed by atoms with Gasteiger partial charge in [-0.25, -0.2) is 4.98 Å². The van der Waals surface area contributed by atoms with Crippen LogP contribution < -0.4 is 10.6 Å². The SMILES string of the molecule is Cc1nc(SCC(=O)NC(C)c2ccc(Cl)cc2Cl)c(C#N)cc1C(=O)Nc1ccccc1. The average Bonchev–Trinajstić information content (AvgIpc) is 2.78. The van der Waals surface area contributed by atoms with Gasteiger partial charge < -0.3 is 10.6 Å². The number of thioether (sulfide) groups is 1. The molecule has 0 radical (unpaired) electrons. The molecule has 1 heterocycles. The van der Waals surface area contributed by atoms with Crippen LogP contribution in [0.1, 0.15) is 40.1 Å². The van der Waals surface area contributed by atoms with E-state index < -0.39 is 0 Å². The highest BCUT2D eigenvalue weighted by molar-refractivity contribution is 8.00. The van der Waals surface area contributed by atoms with Crippen molar-refractivity contribution in [1.82, 2.24) is 10.3 Å². The molecule has 1 atom stereocenters. The molecule has 2 aromatic carbocycles. The number of carbonyl (C=O) groups is 2. The molecule has 0 fully saturated rings. The zero-order valence-electron chi connectivity index (χ0n) is 17.9. The molecule has 1 unspecified atom stereocenters. The molecule has 6 nitrogen and oxygen atoms in total. The highest BCUT2D eigenvalue weighted by Crippen LogP contribution is 2.27. The Morgan fingerprint density at radius 3 is 2.55 bits per heavy atom. The fraction of sp³-hybridized carbons (Fsp3) is 0.167. The van der Waals surface area contributed by atoms with E-state index in [4.69, 9.17) is 23.2 Å². The first-order valence-electron chi connectivity index (χ1n) is 9.93. The lowest BCUT2D eigenvalue weighted by atomic mass is 10.1. The van der Waals surface area contributed by atoms with Gasteiger partial charge >= 0.3 is 0 Å². The molecule has 9 heteroatoms. The predicted octanol–water partition coefficient (Wildman–Crippen LogP) is 5.79. The summed E-state index contributed by atoms with van der Waals surface area (Å²) in [5.74, 6) is -0.551. The molecular weight excluding hydrogens is 479 g/mol. The van der Waals surface area contributed by atoms with E-state index in [1.807, 2.05) is 25.1 Å². The summed E-state index contributed by atoms with van der Waals surface area (Å²) in [6, 6.07) is 17.4. The number of hydrogen-bond acceptors (Lipinski definition) is 5. The highest BCUT2D eigenvalue weighted by Gasteiger charge is 2.18. The number of nitrogens with one attached hydrogen (secondary N) is 2. The minimum atomic E-state index is -0.356. The topological polar surface area (TPSA) is 94.9 Å². The molecule has 33 heavy (non-hydrogen) atoms. The van der Waals surface area contributed by atoms with Gasteiger partial charge in [-0.2, -0.15) is 5.26 Å². The summed E-state index contributed by atoms with van der Waals surface area (Å²) >= 11 is 13.3. The number of para-hydroxylation sites is 1. The Bertz CT molecular complexity index is 1230. The van der Waals surface area contributed by atoms with E-state index in [-0.39, 0.29) is 29.2 Å². The molecule has 0 aliphatic heterocycles. The number of aryl methyl sites for hydroxylation is 1. The zero-order valence-corrected chi connectivity index (χ0v) is 20.2. The summed E-state index contributed by atoms with van der Waals surface area (Å²) in [4.78, 5) is 29.5. The summed E-state index contributed by atoms with van der Waals surface area (Å²) in [6.45, 7) is 3.51. The number of halogens is 2.